The molecule has 1 N–H and O–H groups in total. The van der Waals surface area contributed by atoms with Crippen LogP contribution in [-0.2, 0) is 4.79 Å². The zero-order valence-corrected chi connectivity index (χ0v) is 12.4. The Morgan fingerprint density at radius 3 is 3.05 bits per heavy atom. The SMILES string of the molecule is CC1C(=O)NCCN1C(=O)c1cc2cccc(Br)c2o1. The molecule has 2 aromatic rings. The quantitative estimate of drug-likeness (QED) is 0.867. The number of carbonyl (C=O) groups is 2. The van der Waals surface area contributed by atoms with Gasteiger partial charge < -0.3 is 14.6 Å². The number of piperazine rings is 1. The summed E-state index contributed by atoms with van der Waals surface area (Å²) in [5.74, 6) is -0.134. The number of fused-ring (bicyclic) bond motifs is 1. The van der Waals surface area contributed by atoms with Gasteiger partial charge in [0.15, 0.2) is 5.76 Å². The van der Waals surface area contributed by atoms with Crippen LogP contribution in [0.25, 0.3) is 11.0 Å². The summed E-state index contributed by atoms with van der Waals surface area (Å²) in [7, 11) is 0. The molecule has 5 nitrogen and oxygen atoms in total. The highest BCUT2D eigenvalue weighted by molar-refractivity contribution is 9.10. The normalized spacial score (nSPS) is 19.2. The monoisotopic (exact) mass is 336 g/mol. The molecule has 1 aromatic carbocycles. The number of halogens is 1. The van der Waals surface area contributed by atoms with E-state index in [4.69, 9.17) is 4.42 Å². The van der Waals surface area contributed by atoms with E-state index in [-0.39, 0.29) is 17.6 Å². The van der Waals surface area contributed by atoms with E-state index in [1.165, 1.54) is 4.90 Å². The molecule has 1 unspecified atom stereocenters. The molecule has 104 valence electrons. The molecule has 2 amide bonds. The van der Waals surface area contributed by atoms with Crippen molar-refractivity contribution in [3.05, 3.63) is 34.5 Å². The fraction of sp³-hybridized carbons (Fsp3) is 0.286. The van der Waals surface area contributed by atoms with Crippen molar-refractivity contribution in [2.45, 2.75) is 13.0 Å². The van der Waals surface area contributed by atoms with Crippen LogP contribution in [0, 0.1) is 0 Å². The minimum absolute atomic E-state index is 0.137. The summed E-state index contributed by atoms with van der Waals surface area (Å²) in [5.41, 5.74) is 0.643. The third-order valence-electron chi connectivity index (χ3n) is 3.47. The summed E-state index contributed by atoms with van der Waals surface area (Å²) >= 11 is 3.39. The van der Waals surface area contributed by atoms with E-state index in [0.29, 0.717) is 18.7 Å². The topological polar surface area (TPSA) is 62.6 Å². The number of hydrogen-bond donors (Lipinski definition) is 1. The van der Waals surface area contributed by atoms with Crippen molar-refractivity contribution in [2.24, 2.45) is 0 Å². The lowest BCUT2D eigenvalue weighted by molar-refractivity contribution is -0.127. The lowest BCUT2D eigenvalue weighted by Crippen LogP contribution is -2.55. The minimum atomic E-state index is -0.479. The van der Waals surface area contributed by atoms with Crippen molar-refractivity contribution in [1.82, 2.24) is 10.2 Å². The first-order valence-electron chi connectivity index (χ1n) is 6.34. The van der Waals surface area contributed by atoms with Gasteiger partial charge in [-0.1, -0.05) is 12.1 Å². The van der Waals surface area contributed by atoms with E-state index in [0.717, 1.165) is 9.86 Å². The van der Waals surface area contributed by atoms with Gasteiger partial charge in [-0.2, -0.15) is 0 Å². The lowest BCUT2D eigenvalue weighted by Gasteiger charge is -2.32. The number of nitrogens with one attached hydrogen (secondary N) is 1. The second kappa shape index (κ2) is 4.94. The summed E-state index contributed by atoms with van der Waals surface area (Å²) in [6.07, 6.45) is 0. The van der Waals surface area contributed by atoms with Crippen LogP contribution in [-0.4, -0.2) is 35.8 Å². The average molecular weight is 337 g/mol. The largest absolute Gasteiger partial charge is 0.450 e. The summed E-state index contributed by atoms with van der Waals surface area (Å²) < 4.78 is 6.43. The van der Waals surface area contributed by atoms with Crippen molar-refractivity contribution in [2.75, 3.05) is 13.1 Å². The zero-order valence-electron chi connectivity index (χ0n) is 10.9. The fourth-order valence-electron chi connectivity index (χ4n) is 2.33. The Bertz CT molecular complexity index is 695. The van der Waals surface area contributed by atoms with E-state index in [1.54, 1.807) is 13.0 Å². The fourth-order valence-corrected chi connectivity index (χ4v) is 2.80. The highest BCUT2D eigenvalue weighted by Gasteiger charge is 2.31. The molecule has 20 heavy (non-hydrogen) atoms. The second-order valence-corrected chi connectivity index (χ2v) is 5.59. The number of amides is 2. The van der Waals surface area contributed by atoms with Gasteiger partial charge in [0.1, 0.15) is 11.6 Å². The Morgan fingerprint density at radius 2 is 2.30 bits per heavy atom. The highest BCUT2D eigenvalue weighted by Crippen LogP contribution is 2.27. The van der Waals surface area contributed by atoms with Gasteiger partial charge >= 0.3 is 0 Å². The molecular formula is C14H13BrN2O3. The Balaban J connectivity index is 1.96. The van der Waals surface area contributed by atoms with Crippen molar-refractivity contribution >= 4 is 38.7 Å². The second-order valence-electron chi connectivity index (χ2n) is 4.73. The first kappa shape index (κ1) is 13.2. The molecule has 1 saturated heterocycles. The Hall–Kier alpha value is -1.82. The van der Waals surface area contributed by atoms with Crippen LogP contribution in [0.2, 0.25) is 0 Å². The molecule has 6 heteroatoms. The van der Waals surface area contributed by atoms with Gasteiger partial charge in [0.05, 0.1) is 4.47 Å². The molecule has 1 aliphatic rings. The third-order valence-corrected chi connectivity index (χ3v) is 4.09. The molecule has 1 fully saturated rings. The molecule has 1 aromatic heterocycles. The smallest absolute Gasteiger partial charge is 0.290 e. The van der Waals surface area contributed by atoms with Crippen molar-refractivity contribution in [1.29, 1.82) is 0 Å². The van der Waals surface area contributed by atoms with Crippen molar-refractivity contribution in [3.8, 4) is 0 Å². The van der Waals surface area contributed by atoms with Crippen LogP contribution in [0.15, 0.2) is 33.2 Å². The third kappa shape index (κ3) is 2.10. The predicted octanol–water partition coefficient (Wildman–Crippen LogP) is 2.16. The highest BCUT2D eigenvalue weighted by atomic mass is 79.9. The summed E-state index contributed by atoms with van der Waals surface area (Å²) in [6.45, 7) is 2.67. The van der Waals surface area contributed by atoms with E-state index in [1.807, 2.05) is 18.2 Å². The number of nitrogens with zero attached hydrogens (tertiary/aromatic N) is 1. The van der Waals surface area contributed by atoms with Crippen LogP contribution in [0.3, 0.4) is 0 Å². The van der Waals surface area contributed by atoms with Gasteiger partial charge in [0.2, 0.25) is 5.91 Å². The zero-order chi connectivity index (χ0) is 14.3. The number of carbonyl (C=O) groups excluding carboxylic acids is 2. The molecule has 2 heterocycles. The Morgan fingerprint density at radius 1 is 1.50 bits per heavy atom. The van der Waals surface area contributed by atoms with Crippen LogP contribution in [0.1, 0.15) is 17.5 Å². The van der Waals surface area contributed by atoms with Gasteiger partial charge in [0, 0.05) is 18.5 Å². The van der Waals surface area contributed by atoms with E-state index < -0.39 is 6.04 Å². The maximum atomic E-state index is 12.5. The maximum absolute atomic E-state index is 12.5. The van der Waals surface area contributed by atoms with Crippen LogP contribution < -0.4 is 5.32 Å². The maximum Gasteiger partial charge on any atom is 0.290 e. The number of rotatable bonds is 1. The summed E-state index contributed by atoms with van der Waals surface area (Å²) in [6, 6.07) is 6.85. The Labute approximate surface area is 124 Å². The standard InChI is InChI=1S/C14H13BrN2O3/c1-8-13(18)16-5-6-17(8)14(19)11-7-9-3-2-4-10(15)12(9)20-11/h2-4,7-8H,5-6H2,1H3,(H,16,18). The number of hydrogen-bond acceptors (Lipinski definition) is 3. The van der Waals surface area contributed by atoms with Crippen LogP contribution in [0.5, 0.6) is 0 Å². The average Bonchev–Trinajstić information content (AvgIpc) is 2.87. The summed E-state index contributed by atoms with van der Waals surface area (Å²) in [5, 5.41) is 3.59. The molecule has 0 radical (unpaired) electrons. The van der Waals surface area contributed by atoms with Gasteiger partial charge in [-0.15, -0.1) is 0 Å². The number of furan rings is 1. The van der Waals surface area contributed by atoms with Gasteiger partial charge in [0.25, 0.3) is 5.91 Å². The molecule has 3 rings (SSSR count). The van der Waals surface area contributed by atoms with E-state index in [2.05, 4.69) is 21.2 Å². The lowest BCUT2D eigenvalue weighted by atomic mass is 10.2. The van der Waals surface area contributed by atoms with E-state index >= 15 is 0 Å². The van der Waals surface area contributed by atoms with Gasteiger partial charge in [-0.25, -0.2) is 0 Å². The molecule has 0 spiro atoms. The molecule has 1 atom stereocenters. The Kier molecular flexibility index (Phi) is 3.25. The van der Waals surface area contributed by atoms with E-state index in [9.17, 15) is 9.59 Å². The molecule has 0 saturated carbocycles. The van der Waals surface area contributed by atoms with Gasteiger partial charge in [-0.3, -0.25) is 9.59 Å². The van der Waals surface area contributed by atoms with Crippen molar-refractivity contribution < 1.29 is 14.0 Å². The minimum Gasteiger partial charge on any atom is -0.450 e. The van der Waals surface area contributed by atoms with Crippen LogP contribution >= 0.6 is 15.9 Å². The first-order valence-corrected chi connectivity index (χ1v) is 7.14. The molecule has 0 aliphatic carbocycles. The molecular weight excluding hydrogens is 324 g/mol. The van der Waals surface area contributed by atoms with Crippen molar-refractivity contribution in [3.63, 3.8) is 0 Å². The summed E-state index contributed by atoms with van der Waals surface area (Å²) in [4.78, 5) is 25.6. The predicted molar refractivity (Wildman–Crippen MR) is 77.4 cm³/mol. The van der Waals surface area contributed by atoms with Gasteiger partial charge in [-0.05, 0) is 35.0 Å². The first-order chi connectivity index (χ1) is 9.58. The molecule has 1 aliphatic heterocycles. The number of benzene rings is 1. The number of para-hydroxylation sites is 1. The molecule has 0 bridgehead atoms. The van der Waals surface area contributed by atoms with Crippen LogP contribution in [0.4, 0.5) is 0 Å².